The Bertz CT molecular complexity index is 378. The molecule has 0 saturated heterocycles. The van der Waals surface area contributed by atoms with Crippen LogP contribution < -0.4 is 9.66 Å². The molecule has 0 radical (unpaired) electrons. The van der Waals surface area contributed by atoms with Crippen molar-refractivity contribution in [3.63, 3.8) is 0 Å². The fourth-order valence-corrected chi connectivity index (χ4v) is 0.824. The van der Waals surface area contributed by atoms with Crippen molar-refractivity contribution in [2.24, 2.45) is 10.2 Å². The van der Waals surface area contributed by atoms with E-state index in [1.54, 1.807) is 9.66 Å². The predicted octanol–water partition coefficient (Wildman–Crippen LogP) is -1.94. The van der Waals surface area contributed by atoms with Crippen molar-refractivity contribution in [2.75, 3.05) is 12.5 Å². The van der Waals surface area contributed by atoms with Gasteiger partial charge in [0.1, 0.15) is 0 Å². The maximum absolute atomic E-state index is 10.4. The van der Waals surface area contributed by atoms with Crippen LogP contribution in [-0.2, 0) is 20.0 Å². The second-order valence-corrected chi connectivity index (χ2v) is 5.74. The van der Waals surface area contributed by atoms with Crippen LogP contribution in [0.3, 0.4) is 0 Å². The smallest absolute Gasteiger partial charge is 0.206 e. The van der Waals surface area contributed by atoms with Crippen LogP contribution >= 0.6 is 0 Å². The minimum absolute atomic E-state index is 0.927. The van der Waals surface area contributed by atoms with Crippen molar-refractivity contribution in [2.45, 2.75) is 0 Å². The lowest BCUT2D eigenvalue weighted by atomic mass is 10.8. The zero-order chi connectivity index (χ0) is 11.2. The van der Waals surface area contributed by atoms with E-state index in [0.29, 0.717) is 0 Å². The molecule has 0 rings (SSSR count). The first-order chi connectivity index (χ1) is 6.21. The highest BCUT2D eigenvalue weighted by Gasteiger charge is 1.94. The number of hydrogen-bond acceptors (Lipinski definition) is 6. The van der Waals surface area contributed by atoms with Gasteiger partial charge < -0.3 is 0 Å². The molecule has 2 N–H and O–H groups in total. The van der Waals surface area contributed by atoms with E-state index in [9.17, 15) is 16.8 Å². The average molecular weight is 242 g/mol. The third-order valence-corrected chi connectivity index (χ3v) is 1.53. The van der Waals surface area contributed by atoms with Crippen molar-refractivity contribution in [3.05, 3.63) is 0 Å². The van der Waals surface area contributed by atoms with E-state index in [0.717, 1.165) is 24.9 Å². The summed E-state index contributed by atoms with van der Waals surface area (Å²) in [5, 5.41) is 6.43. The van der Waals surface area contributed by atoms with Crippen molar-refractivity contribution in [1.82, 2.24) is 9.66 Å². The molecule has 8 nitrogen and oxygen atoms in total. The molecular formula is C4H10N4O4S2. The molecule has 0 unspecified atom stereocenters. The van der Waals surface area contributed by atoms with Crippen LogP contribution in [-0.4, -0.2) is 41.8 Å². The third kappa shape index (κ3) is 10.8. The highest BCUT2D eigenvalue weighted by molar-refractivity contribution is 7.88. The molecule has 10 heteroatoms. The molecule has 0 heterocycles. The first kappa shape index (κ1) is 12.8. The normalized spacial score (nSPS) is 13.6. The molecule has 0 fully saturated rings. The van der Waals surface area contributed by atoms with Gasteiger partial charge in [0.2, 0.25) is 20.0 Å². The zero-order valence-corrected chi connectivity index (χ0v) is 9.13. The van der Waals surface area contributed by atoms with Crippen LogP contribution in [0.4, 0.5) is 0 Å². The standard InChI is InChI=1S/C4H10N4O4S2/c1-13(9,10)7-5-3-4-6-8-14(2,11)12/h3-4,7-8H,1-2H3/b5-3+,6-4+. The first-order valence-electron chi connectivity index (χ1n) is 3.19. The summed E-state index contributed by atoms with van der Waals surface area (Å²) >= 11 is 0. The number of nitrogens with zero attached hydrogens (tertiary/aromatic N) is 2. The van der Waals surface area contributed by atoms with Gasteiger partial charge in [-0.2, -0.15) is 10.2 Å². The lowest BCUT2D eigenvalue weighted by Crippen LogP contribution is -2.17. The lowest BCUT2D eigenvalue weighted by Gasteiger charge is -1.92. The van der Waals surface area contributed by atoms with Crippen molar-refractivity contribution < 1.29 is 16.8 Å². The lowest BCUT2D eigenvalue weighted by molar-refractivity contribution is 0.589. The Morgan fingerprint density at radius 3 is 1.36 bits per heavy atom. The van der Waals surface area contributed by atoms with Gasteiger partial charge in [0.25, 0.3) is 0 Å². The Kier molecular flexibility index (Phi) is 4.50. The van der Waals surface area contributed by atoms with Gasteiger partial charge in [0.05, 0.1) is 24.9 Å². The Labute approximate surface area is 82.2 Å². The molecule has 0 aromatic heterocycles. The van der Waals surface area contributed by atoms with Gasteiger partial charge in [0, 0.05) is 0 Å². The van der Waals surface area contributed by atoms with Gasteiger partial charge >= 0.3 is 0 Å². The second kappa shape index (κ2) is 4.91. The molecule has 0 aromatic carbocycles. The van der Waals surface area contributed by atoms with E-state index in [1.165, 1.54) is 0 Å². The summed E-state index contributed by atoms with van der Waals surface area (Å²) in [6.45, 7) is 0. The molecule has 0 aliphatic carbocycles. The maximum atomic E-state index is 10.4. The van der Waals surface area contributed by atoms with E-state index in [1.807, 2.05) is 0 Å². The minimum Gasteiger partial charge on any atom is -0.206 e. The average Bonchev–Trinajstić information content (AvgIpc) is 1.92. The number of hydrazone groups is 2. The number of nitrogens with one attached hydrogen (secondary N) is 2. The Balaban J connectivity index is 3.96. The van der Waals surface area contributed by atoms with Gasteiger partial charge in [0.15, 0.2) is 0 Å². The molecule has 0 saturated carbocycles. The zero-order valence-electron chi connectivity index (χ0n) is 7.50. The largest absolute Gasteiger partial charge is 0.244 e. The maximum Gasteiger partial charge on any atom is 0.244 e. The fraction of sp³-hybridized carbons (Fsp3) is 0.500. The Morgan fingerprint density at radius 2 is 1.14 bits per heavy atom. The topological polar surface area (TPSA) is 117 Å². The monoisotopic (exact) mass is 242 g/mol. The fourth-order valence-electron chi connectivity index (χ4n) is 0.319. The van der Waals surface area contributed by atoms with Gasteiger partial charge in [-0.05, 0) is 0 Å². The van der Waals surface area contributed by atoms with Gasteiger partial charge in [-0.25, -0.2) is 26.5 Å². The molecule has 0 amide bonds. The molecule has 14 heavy (non-hydrogen) atoms. The summed E-state index contributed by atoms with van der Waals surface area (Å²) in [7, 11) is -6.78. The van der Waals surface area contributed by atoms with Gasteiger partial charge in [-0.3, -0.25) is 0 Å². The van der Waals surface area contributed by atoms with Gasteiger partial charge in [-0.15, -0.1) is 0 Å². The van der Waals surface area contributed by atoms with Crippen LogP contribution in [0.25, 0.3) is 0 Å². The summed E-state index contributed by atoms with van der Waals surface area (Å²) in [4.78, 5) is 3.59. The predicted molar refractivity (Wildman–Crippen MR) is 52.9 cm³/mol. The Hall–Kier alpha value is -1.16. The highest BCUT2D eigenvalue weighted by atomic mass is 32.2. The molecule has 0 aliphatic rings. The van der Waals surface area contributed by atoms with Gasteiger partial charge in [-0.1, -0.05) is 0 Å². The molecule has 0 bridgehead atoms. The summed E-state index contributed by atoms with van der Waals surface area (Å²) in [6.07, 6.45) is 3.82. The van der Waals surface area contributed by atoms with Crippen LogP contribution in [0, 0.1) is 0 Å². The molecule has 0 atom stereocenters. The van der Waals surface area contributed by atoms with Crippen molar-refractivity contribution >= 4 is 32.5 Å². The van der Waals surface area contributed by atoms with E-state index in [-0.39, 0.29) is 0 Å². The Morgan fingerprint density at radius 1 is 0.857 bits per heavy atom. The van der Waals surface area contributed by atoms with Crippen molar-refractivity contribution in [1.29, 1.82) is 0 Å². The summed E-state index contributed by atoms with van der Waals surface area (Å²) in [5.74, 6) is 0. The first-order valence-corrected chi connectivity index (χ1v) is 6.97. The van der Waals surface area contributed by atoms with E-state index >= 15 is 0 Å². The van der Waals surface area contributed by atoms with E-state index < -0.39 is 20.0 Å². The molecule has 0 aromatic rings. The van der Waals surface area contributed by atoms with E-state index in [4.69, 9.17) is 0 Å². The van der Waals surface area contributed by atoms with Crippen molar-refractivity contribution in [3.8, 4) is 0 Å². The molecule has 82 valence electrons. The molecular weight excluding hydrogens is 232 g/mol. The molecule has 0 aliphatic heterocycles. The quantitative estimate of drug-likeness (QED) is 0.430. The van der Waals surface area contributed by atoms with Crippen LogP contribution in [0.15, 0.2) is 10.2 Å². The van der Waals surface area contributed by atoms with E-state index in [2.05, 4.69) is 10.2 Å². The molecule has 0 spiro atoms. The second-order valence-electron chi connectivity index (χ2n) is 2.28. The third-order valence-electron chi connectivity index (χ3n) is 0.653. The summed E-state index contributed by atoms with van der Waals surface area (Å²) < 4.78 is 41.8. The number of sulfonamides is 2. The SMILES string of the molecule is CS(=O)(=O)N/N=C/C=N/NS(C)(=O)=O. The van der Waals surface area contributed by atoms with Crippen LogP contribution in [0.1, 0.15) is 0 Å². The number of hydrogen-bond donors (Lipinski definition) is 2. The minimum atomic E-state index is -3.39. The highest BCUT2D eigenvalue weighted by Crippen LogP contribution is 1.72. The summed E-state index contributed by atoms with van der Waals surface area (Å²) in [5.41, 5.74) is 0. The van der Waals surface area contributed by atoms with Crippen LogP contribution in [0.2, 0.25) is 0 Å². The van der Waals surface area contributed by atoms with Crippen LogP contribution in [0.5, 0.6) is 0 Å². The summed E-state index contributed by atoms with van der Waals surface area (Å²) in [6, 6.07) is 0. The number of rotatable bonds is 5.